The minimum absolute atomic E-state index is 0.101. The molecule has 1 aromatic rings. The number of hydrogen-bond acceptors (Lipinski definition) is 4. The minimum Gasteiger partial charge on any atom is -0.395 e. The average Bonchev–Trinajstić information content (AvgIpc) is 2.55. The molecule has 6 heteroatoms. The fraction of sp³-hybridized carbons (Fsp3) is 0.529. The number of likely N-dealkylation sites (N-methyl/N-ethyl adjacent to an activating group) is 2. The second-order valence-electron chi connectivity index (χ2n) is 5.68. The molecule has 1 fully saturated rings. The number of carbonyl (C=O) groups is 2. The van der Waals surface area contributed by atoms with E-state index in [-0.39, 0.29) is 31.6 Å². The first-order valence-corrected chi connectivity index (χ1v) is 7.83. The minimum atomic E-state index is -0.759. The number of hydrogen-bond donors (Lipinski definition) is 1. The third-order valence-electron chi connectivity index (χ3n) is 4.30. The van der Waals surface area contributed by atoms with Gasteiger partial charge in [0.25, 0.3) is 5.91 Å². The lowest BCUT2D eigenvalue weighted by atomic mass is 9.93. The lowest BCUT2D eigenvalue weighted by Gasteiger charge is -2.40. The van der Waals surface area contributed by atoms with Crippen molar-refractivity contribution in [2.75, 3.05) is 33.4 Å². The van der Waals surface area contributed by atoms with Gasteiger partial charge in [-0.1, -0.05) is 24.3 Å². The molecule has 0 saturated carbocycles. The Hall–Kier alpha value is -1.92. The number of rotatable bonds is 5. The molecule has 1 N–H and O–H groups in total. The number of carbonyl (C=O) groups excluding carboxylic acids is 2. The van der Waals surface area contributed by atoms with Crippen molar-refractivity contribution in [3.8, 4) is 0 Å². The van der Waals surface area contributed by atoms with Crippen molar-refractivity contribution in [1.82, 2.24) is 9.80 Å². The van der Waals surface area contributed by atoms with Crippen LogP contribution in [0.4, 0.5) is 0 Å². The maximum atomic E-state index is 12.8. The van der Waals surface area contributed by atoms with Crippen LogP contribution in [0, 0.1) is 6.92 Å². The molecule has 1 aliphatic heterocycles. The molecule has 1 saturated heterocycles. The van der Waals surface area contributed by atoms with Gasteiger partial charge >= 0.3 is 0 Å². The summed E-state index contributed by atoms with van der Waals surface area (Å²) in [7, 11) is 1.70. The molecule has 0 aromatic heterocycles. The van der Waals surface area contributed by atoms with Crippen LogP contribution in [0.15, 0.2) is 24.3 Å². The lowest BCUT2D eigenvalue weighted by Crippen LogP contribution is -2.54. The first-order chi connectivity index (χ1) is 11.0. The summed E-state index contributed by atoms with van der Waals surface area (Å²) in [5, 5.41) is 9.14. The van der Waals surface area contributed by atoms with Crippen LogP contribution in [0.25, 0.3) is 0 Å². The van der Waals surface area contributed by atoms with Crippen molar-refractivity contribution in [3.05, 3.63) is 35.4 Å². The molecule has 2 atom stereocenters. The van der Waals surface area contributed by atoms with Gasteiger partial charge < -0.3 is 19.6 Å². The predicted molar refractivity (Wildman–Crippen MR) is 85.8 cm³/mol. The van der Waals surface area contributed by atoms with Crippen molar-refractivity contribution in [3.63, 3.8) is 0 Å². The monoisotopic (exact) mass is 320 g/mol. The highest BCUT2D eigenvalue weighted by atomic mass is 16.5. The van der Waals surface area contributed by atoms with Crippen LogP contribution in [0.5, 0.6) is 0 Å². The Morgan fingerprint density at radius 2 is 2.13 bits per heavy atom. The molecule has 2 unspecified atom stereocenters. The van der Waals surface area contributed by atoms with E-state index in [1.54, 1.807) is 16.8 Å². The largest absolute Gasteiger partial charge is 0.395 e. The standard InChI is InChI=1S/C17H24N2O4/c1-4-19(9-10-20)17(22)16-15(18(3)14(21)11-23-16)13-8-6-5-7-12(13)2/h5-8,15-16,20H,4,9-11H2,1-3H3. The normalized spacial score (nSPS) is 21.4. The number of nitrogens with zero attached hydrogens (tertiary/aromatic N) is 2. The van der Waals surface area contributed by atoms with Gasteiger partial charge in [0.15, 0.2) is 6.10 Å². The Bertz CT molecular complexity index is 575. The van der Waals surface area contributed by atoms with E-state index in [0.29, 0.717) is 6.54 Å². The van der Waals surface area contributed by atoms with E-state index < -0.39 is 12.1 Å². The quantitative estimate of drug-likeness (QED) is 0.868. The maximum absolute atomic E-state index is 12.8. The van der Waals surface area contributed by atoms with Crippen LogP contribution in [0.1, 0.15) is 24.1 Å². The first kappa shape index (κ1) is 17.4. The van der Waals surface area contributed by atoms with E-state index in [4.69, 9.17) is 9.84 Å². The van der Waals surface area contributed by atoms with Crippen molar-refractivity contribution in [2.45, 2.75) is 26.0 Å². The number of ether oxygens (including phenoxy) is 1. The van der Waals surface area contributed by atoms with Crippen LogP contribution >= 0.6 is 0 Å². The Balaban J connectivity index is 2.37. The van der Waals surface area contributed by atoms with Crippen molar-refractivity contribution >= 4 is 11.8 Å². The van der Waals surface area contributed by atoms with Gasteiger partial charge in [0.05, 0.1) is 12.6 Å². The second-order valence-corrected chi connectivity index (χ2v) is 5.68. The van der Waals surface area contributed by atoms with Gasteiger partial charge in [-0.2, -0.15) is 0 Å². The Morgan fingerprint density at radius 3 is 2.74 bits per heavy atom. The molecule has 2 rings (SSSR count). The molecular weight excluding hydrogens is 296 g/mol. The molecule has 1 heterocycles. The highest BCUT2D eigenvalue weighted by Gasteiger charge is 2.41. The average molecular weight is 320 g/mol. The molecule has 1 aromatic carbocycles. The zero-order valence-corrected chi connectivity index (χ0v) is 13.9. The number of aliphatic hydroxyl groups is 1. The van der Waals surface area contributed by atoms with E-state index in [1.807, 2.05) is 38.1 Å². The molecule has 6 nitrogen and oxygen atoms in total. The summed E-state index contributed by atoms with van der Waals surface area (Å²) in [6.07, 6.45) is -0.759. The summed E-state index contributed by atoms with van der Waals surface area (Å²) >= 11 is 0. The lowest BCUT2D eigenvalue weighted by molar-refractivity contribution is -0.167. The third-order valence-corrected chi connectivity index (χ3v) is 4.30. The SMILES string of the molecule is CCN(CCO)C(=O)C1OCC(=O)N(C)C1c1ccccc1C. The number of amides is 2. The summed E-state index contributed by atoms with van der Waals surface area (Å²) in [5.41, 5.74) is 1.91. The highest BCUT2D eigenvalue weighted by molar-refractivity contribution is 5.86. The van der Waals surface area contributed by atoms with Gasteiger partial charge in [0.2, 0.25) is 5.91 Å². The maximum Gasteiger partial charge on any atom is 0.254 e. The van der Waals surface area contributed by atoms with Gasteiger partial charge in [0.1, 0.15) is 6.61 Å². The van der Waals surface area contributed by atoms with Crippen molar-refractivity contribution in [2.24, 2.45) is 0 Å². The summed E-state index contributed by atoms with van der Waals surface area (Å²) in [6.45, 7) is 4.34. The van der Waals surface area contributed by atoms with Gasteiger partial charge in [-0.15, -0.1) is 0 Å². The van der Waals surface area contributed by atoms with Crippen LogP contribution < -0.4 is 0 Å². The molecular formula is C17H24N2O4. The number of morpholine rings is 1. The van der Waals surface area contributed by atoms with Crippen LogP contribution in [-0.4, -0.2) is 66.2 Å². The summed E-state index contributed by atoms with van der Waals surface area (Å²) in [5.74, 6) is -0.346. The fourth-order valence-corrected chi connectivity index (χ4v) is 2.93. The molecule has 0 radical (unpaired) electrons. The zero-order chi connectivity index (χ0) is 17.0. The van der Waals surface area contributed by atoms with Gasteiger partial charge in [-0.3, -0.25) is 9.59 Å². The Morgan fingerprint density at radius 1 is 1.43 bits per heavy atom. The van der Waals surface area contributed by atoms with E-state index in [1.165, 1.54) is 0 Å². The zero-order valence-electron chi connectivity index (χ0n) is 13.9. The fourth-order valence-electron chi connectivity index (χ4n) is 2.93. The number of aliphatic hydroxyl groups excluding tert-OH is 1. The predicted octanol–water partition coefficient (Wildman–Crippen LogP) is 0.734. The smallest absolute Gasteiger partial charge is 0.254 e. The van der Waals surface area contributed by atoms with Crippen molar-refractivity contribution < 1.29 is 19.4 Å². The van der Waals surface area contributed by atoms with Crippen LogP contribution in [0.3, 0.4) is 0 Å². The van der Waals surface area contributed by atoms with Crippen molar-refractivity contribution in [1.29, 1.82) is 0 Å². The molecule has 23 heavy (non-hydrogen) atoms. The van der Waals surface area contributed by atoms with Gasteiger partial charge in [0, 0.05) is 20.1 Å². The topological polar surface area (TPSA) is 70.1 Å². The van der Waals surface area contributed by atoms with E-state index >= 15 is 0 Å². The summed E-state index contributed by atoms with van der Waals surface area (Å²) in [4.78, 5) is 28.0. The van der Waals surface area contributed by atoms with Gasteiger partial charge in [-0.05, 0) is 25.0 Å². The molecule has 0 aliphatic carbocycles. The molecule has 2 amide bonds. The van der Waals surface area contributed by atoms with Crippen LogP contribution in [-0.2, 0) is 14.3 Å². The van der Waals surface area contributed by atoms with Gasteiger partial charge in [-0.25, -0.2) is 0 Å². The second kappa shape index (κ2) is 7.57. The highest BCUT2D eigenvalue weighted by Crippen LogP contribution is 2.32. The Labute approximate surface area is 136 Å². The molecule has 0 spiro atoms. The van der Waals surface area contributed by atoms with E-state index in [0.717, 1.165) is 11.1 Å². The molecule has 1 aliphatic rings. The van der Waals surface area contributed by atoms with Crippen LogP contribution in [0.2, 0.25) is 0 Å². The summed E-state index contributed by atoms with van der Waals surface area (Å²) in [6, 6.07) is 7.22. The summed E-state index contributed by atoms with van der Waals surface area (Å²) < 4.78 is 5.61. The van der Waals surface area contributed by atoms with E-state index in [2.05, 4.69) is 0 Å². The number of aryl methyl sites for hydroxylation is 1. The van der Waals surface area contributed by atoms with E-state index in [9.17, 15) is 9.59 Å². The third kappa shape index (κ3) is 3.54. The first-order valence-electron chi connectivity index (χ1n) is 7.83. The Kier molecular flexibility index (Phi) is 5.74. The number of benzene rings is 1. The molecule has 0 bridgehead atoms. The molecule has 126 valence electrons.